The van der Waals surface area contributed by atoms with E-state index in [1.807, 2.05) is 18.7 Å². The van der Waals surface area contributed by atoms with E-state index in [0.717, 1.165) is 12.8 Å². The number of morpholine rings is 1. The fourth-order valence-corrected chi connectivity index (χ4v) is 3.17. The number of nitrogens with one attached hydrogen (secondary N) is 1. The molecule has 3 rings (SSSR count). The molecule has 134 valence electrons. The van der Waals surface area contributed by atoms with E-state index < -0.39 is 0 Å². The van der Waals surface area contributed by atoms with Crippen molar-refractivity contribution in [1.29, 1.82) is 0 Å². The Bertz CT molecular complexity index is 659. The van der Waals surface area contributed by atoms with Crippen LogP contribution in [0.4, 0.5) is 5.69 Å². The van der Waals surface area contributed by atoms with Crippen LogP contribution >= 0.6 is 0 Å². The van der Waals surface area contributed by atoms with Crippen molar-refractivity contribution in [2.24, 2.45) is 0 Å². The number of benzene rings is 1. The molecule has 0 spiro atoms. The Morgan fingerprint density at radius 2 is 1.80 bits per heavy atom. The summed E-state index contributed by atoms with van der Waals surface area (Å²) in [6.45, 7) is 5.79. The van der Waals surface area contributed by atoms with Crippen molar-refractivity contribution in [3.63, 3.8) is 0 Å². The number of hydrogen-bond donors (Lipinski definition) is 1. The fourth-order valence-electron chi connectivity index (χ4n) is 3.17. The van der Waals surface area contributed by atoms with Gasteiger partial charge in [-0.1, -0.05) is 0 Å². The van der Waals surface area contributed by atoms with Gasteiger partial charge in [-0.25, -0.2) is 0 Å². The van der Waals surface area contributed by atoms with Crippen molar-refractivity contribution in [3.05, 3.63) is 41.7 Å². The maximum absolute atomic E-state index is 12.6. The Morgan fingerprint density at radius 3 is 2.40 bits per heavy atom. The summed E-state index contributed by atoms with van der Waals surface area (Å²) in [5.41, 5.74) is 1.92. The van der Waals surface area contributed by atoms with Crippen molar-refractivity contribution >= 4 is 17.5 Å². The van der Waals surface area contributed by atoms with Gasteiger partial charge in [0.1, 0.15) is 0 Å². The Morgan fingerprint density at radius 1 is 1.12 bits per heavy atom. The molecule has 2 aliphatic heterocycles. The Balaban J connectivity index is 1.62. The van der Waals surface area contributed by atoms with E-state index in [4.69, 9.17) is 9.47 Å². The zero-order valence-electron chi connectivity index (χ0n) is 14.7. The van der Waals surface area contributed by atoms with E-state index in [-0.39, 0.29) is 24.0 Å². The highest BCUT2D eigenvalue weighted by Crippen LogP contribution is 2.18. The van der Waals surface area contributed by atoms with Crippen molar-refractivity contribution < 1.29 is 19.1 Å². The predicted molar refractivity (Wildman–Crippen MR) is 94.3 cm³/mol. The Hall–Kier alpha value is -2.34. The molecule has 1 fully saturated rings. The van der Waals surface area contributed by atoms with Gasteiger partial charge in [0, 0.05) is 24.3 Å². The summed E-state index contributed by atoms with van der Waals surface area (Å²) >= 11 is 0. The van der Waals surface area contributed by atoms with Crippen molar-refractivity contribution in [2.45, 2.75) is 38.9 Å². The summed E-state index contributed by atoms with van der Waals surface area (Å²) in [6.07, 6.45) is 3.17. The first-order valence-corrected chi connectivity index (χ1v) is 8.69. The lowest BCUT2D eigenvalue weighted by molar-refractivity contribution is -0.113. The van der Waals surface area contributed by atoms with Gasteiger partial charge in [-0.3, -0.25) is 9.59 Å². The van der Waals surface area contributed by atoms with Crippen LogP contribution in [0.5, 0.6) is 0 Å². The van der Waals surface area contributed by atoms with Gasteiger partial charge in [0.25, 0.3) is 11.8 Å². The van der Waals surface area contributed by atoms with Gasteiger partial charge in [-0.2, -0.15) is 0 Å². The topological polar surface area (TPSA) is 67.9 Å². The molecule has 0 radical (unpaired) electrons. The van der Waals surface area contributed by atoms with E-state index in [2.05, 4.69) is 5.32 Å². The average Bonchev–Trinajstić information content (AvgIpc) is 2.61. The average molecular weight is 344 g/mol. The number of hydrogen-bond acceptors (Lipinski definition) is 4. The molecule has 0 bridgehead atoms. The molecule has 1 aromatic carbocycles. The van der Waals surface area contributed by atoms with Gasteiger partial charge in [-0.05, 0) is 51.0 Å². The first-order chi connectivity index (χ1) is 12.0. The second kappa shape index (κ2) is 7.70. The fraction of sp³-hybridized carbons (Fsp3) is 0.474. The molecule has 0 unspecified atom stereocenters. The number of rotatable bonds is 3. The Labute approximate surface area is 147 Å². The number of carbonyl (C=O) groups is 2. The smallest absolute Gasteiger partial charge is 0.254 e. The van der Waals surface area contributed by atoms with E-state index >= 15 is 0 Å². The maximum atomic E-state index is 12.6. The third kappa shape index (κ3) is 4.39. The van der Waals surface area contributed by atoms with Crippen LogP contribution in [0.1, 0.15) is 37.0 Å². The third-order valence-electron chi connectivity index (χ3n) is 4.32. The molecule has 1 saturated heterocycles. The van der Waals surface area contributed by atoms with Crippen molar-refractivity contribution in [1.82, 2.24) is 4.90 Å². The molecule has 2 atom stereocenters. The molecule has 0 aliphatic carbocycles. The van der Waals surface area contributed by atoms with Gasteiger partial charge in [0.15, 0.2) is 0 Å². The highest BCUT2D eigenvalue weighted by molar-refractivity contribution is 6.04. The summed E-state index contributed by atoms with van der Waals surface area (Å²) in [5.74, 6) is -0.169. The van der Waals surface area contributed by atoms with E-state index in [1.54, 1.807) is 24.3 Å². The molecule has 0 aromatic heterocycles. The molecule has 1 aromatic rings. The molecule has 6 heteroatoms. The largest absolute Gasteiger partial charge is 0.501 e. The molecule has 2 aliphatic rings. The van der Waals surface area contributed by atoms with Crippen LogP contribution in [-0.2, 0) is 14.3 Å². The van der Waals surface area contributed by atoms with Crippen LogP contribution in [-0.4, -0.2) is 48.6 Å². The minimum atomic E-state index is -0.158. The second-order valence-corrected chi connectivity index (χ2v) is 6.62. The molecule has 25 heavy (non-hydrogen) atoms. The van der Waals surface area contributed by atoms with Gasteiger partial charge in [-0.15, -0.1) is 0 Å². The van der Waals surface area contributed by atoms with Crippen molar-refractivity contribution in [2.75, 3.05) is 25.0 Å². The molecular weight excluding hydrogens is 320 g/mol. The predicted octanol–water partition coefficient (Wildman–Crippen LogP) is 2.57. The summed E-state index contributed by atoms with van der Waals surface area (Å²) in [4.78, 5) is 26.6. The van der Waals surface area contributed by atoms with Gasteiger partial charge in [0.2, 0.25) is 0 Å². The van der Waals surface area contributed by atoms with Crippen molar-refractivity contribution in [3.8, 4) is 0 Å². The zero-order valence-corrected chi connectivity index (χ0v) is 14.7. The monoisotopic (exact) mass is 344 g/mol. The normalized spacial score (nSPS) is 23.4. The summed E-state index contributed by atoms with van der Waals surface area (Å²) in [5, 5.41) is 2.84. The van der Waals surface area contributed by atoms with Gasteiger partial charge in [0.05, 0.1) is 30.6 Å². The number of ether oxygens (including phenoxy) is 2. The van der Waals surface area contributed by atoms with Crippen LogP contribution in [0.25, 0.3) is 0 Å². The van der Waals surface area contributed by atoms with Crippen LogP contribution in [0.2, 0.25) is 0 Å². The van der Waals surface area contributed by atoms with E-state index in [1.165, 1.54) is 6.26 Å². The van der Waals surface area contributed by atoms with Gasteiger partial charge >= 0.3 is 0 Å². The highest BCUT2D eigenvalue weighted by Gasteiger charge is 2.26. The maximum Gasteiger partial charge on any atom is 0.254 e. The summed E-state index contributed by atoms with van der Waals surface area (Å²) in [6, 6.07) is 6.99. The lowest BCUT2D eigenvalue weighted by Gasteiger charge is -2.35. The Kier molecular flexibility index (Phi) is 5.38. The third-order valence-corrected chi connectivity index (χ3v) is 4.32. The van der Waals surface area contributed by atoms with Crippen LogP contribution in [0.15, 0.2) is 36.1 Å². The SMILES string of the molecule is C[C@@H]1CN(C(=O)c2ccc(NC(=O)C3=COCCC3)cc2)C[C@H](C)O1. The summed E-state index contributed by atoms with van der Waals surface area (Å²) < 4.78 is 10.9. The lowest BCUT2D eigenvalue weighted by Crippen LogP contribution is -2.48. The standard InChI is InChI=1S/C19H24N2O4/c1-13-10-21(11-14(2)25-13)19(23)15-5-7-17(8-6-15)20-18(22)16-4-3-9-24-12-16/h5-8,12-14H,3-4,9-11H2,1-2H3,(H,20,22)/t13-,14+. The molecule has 0 saturated carbocycles. The molecular formula is C19H24N2O4. The number of anilines is 1. The minimum Gasteiger partial charge on any atom is -0.501 e. The van der Waals surface area contributed by atoms with E-state index in [0.29, 0.717) is 36.5 Å². The molecule has 2 heterocycles. The number of carbonyl (C=O) groups excluding carboxylic acids is 2. The quantitative estimate of drug-likeness (QED) is 0.915. The first-order valence-electron chi connectivity index (χ1n) is 8.69. The lowest BCUT2D eigenvalue weighted by atomic mass is 10.1. The minimum absolute atomic E-state index is 0.0109. The van der Waals surface area contributed by atoms with Crippen LogP contribution < -0.4 is 5.32 Å². The zero-order chi connectivity index (χ0) is 17.8. The molecule has 1 N–H and O–H groups in total. The molecule has 6 nitrogen and oxygen atoms in total. The van der Waals surface area contributed by atoms with Crippen LogP contribution in [0.3, 0.4) is 0 Å². The molecule has 2 amide bonds. The van der Waals surface area contributed by atoms with Crippen LogP contribution in [0, 0.1) is 0 Å². The first kappa shape index (κ1) is 17.5. The number of amides is 2. The summed E-state index contributed by atoms with van der Waals surface area (Å²) in [7, 11) is 0. The van der Waals surface area contributed by atoms with E-state index in [9.17, 15) is 9.59 Å². The second-order valence-electron chi connectivity index (χ2n) is 6.62. The number of nitrogens with zero attached hydrogens (tertiary/aromatic N) is 1. The van der Waals surface area contributed by atoms with Gasteiger partial charge < -0.3 is 19.7 Å². The highest BCUT2D eigenvalue weighted by atomic mass is 16.5.